The molecule has 1 fully saturated rings. The highest BCUT2D eigenvalue weighted by atomic mass is 32.1. The van der Waals surface area contributed by atoms with Crippen LogP contribution in [-0.4, -0.2) is 54.5 Å². The molecule has 3 atom stereocenters. The molecular formula is C20H21F3N2O5S. The van der Waals surface area contributed by atoms with E-state index in [0.29, 0.717) is 0 Å². The van der Waals surface area contributed by atoms with Crippen LogP contribution in [-0.2, 0) is 0 Å². The van der Waals surface area contributed by atoms with Gasteiger partial charge in [0.15, 0.2) is 17.3 Å². The number of urea groups is 1. The molecule has 1 aromatic carbocycles. The van der Waals surface area contributed by atoms with Crippen molar-refractivity contribution in [1.29, 1.82) is 0 Å². The maximum Gasteiger partial charge on any atom is 0.437 e. The maximum absolute atomic E-state index is 14.3. The summed E-state index contributed by atoms with van der Waals surface area (Å²) in [6.07, 6.45) is -5.32. The molecule has 1 saturated heterocycles. The molecule has 1 aromatic heterocycles. The van der Waals surface area contributed by atoms with E-state index in [4.69, 9.17) is 9.47 Å². The van der Waals surface area contributed by atoms with E-state index in [-0.39, 0.29) is 26.8 Å². The van der Waals surface area contributed by atoms with Crippen molar-refractivity contribution in [2.75, 3.05) is 20.8 Å². The number of hydrogen-bond acceptors (Lipinski definition) is 6. The van der Waals surface area contributed by atoms with Gasteiger partial charge in [-0.2, -0.15) is 13.2 Å². The van der Waals surface area contributed by atoms with Gasteiger partial charge in [-0.05, 0) is 24.4 Å². The second kappa shape index (κ2) is 8.39. The summed E-state index contributed by atoms with van der Waals surface area (Å²) >= 11 is 0.945. The zero-order valence-corrected chi connectivity index (χ0v) is 17.7. The van der Waals surface area contributed by atoms with Crippen molar-refractivity contribution in [2.24, 2.45) is 5.92 Å². The summed E-state index contributed by atoms with van der Waals surface area (Å²) in [7, 11) is 2.64. The molecule has 2 heterocycles. The quantitative estimate of drug-likeness (QED) is 0.646. The molecule has 0 radical (unpaired) electrons. The van der Waals surface area contributed by atoms with E-state index in [9.17, 15) is 27.9 Å². The highest BCUT2D eigenvalue weighted by Crippen LogP contribution is 2.50. The van der Waals surface area contributed by atoms with Crippen molar-refractivity contribution in [3.05, 3.63) is 46.2 Å². The molecule has 168 valence electrons. The normalized spacial score (nSPS) is 24.0. The van der Waals surface area contributed by atoms with E-state index < -0.39 is 42.2 Å². The van der Waals surface area contributed by atoms with Gasteiger partial charge in [0.1, 0.15) is 5.92 Å². The Morgan fingerprint density at radius 2 is 1.97 bits per heavy atom. The zero-order chi connectivity index (χ0) is 23.0. The van der Waals surface area contributed by atoms with Crippen LogP contribution in [0.2, 0.25) is 0 Å². The number of aliphatic hydroxyl groups is 1. The second-order valence-electron chi connectivity index (χ2n) is 6.80. The van der Waals surface area contributed by atoms with Gasteiger partial charge in [0.05, 0.1) is 25.1 Å². The number of thiophene rings is 1. The van der Waals surface area contributed by atoms with Gasteiger partial charge in [0, 0.05) is 12.1 Å². The van der Waals surface area contributed by atoms with Gasteiger partial charge in [-0.15, -0.1) is 11.3 Å². The number of alkyl halides is 3. The first kappa shape index (κ1) is 22.9. The van der Waals surface area contributed by atoms with Crippen LogP contribution in [0.5, 0.6) is 11.5 Å². The van der Waals surface area contributed by atoms with Gasteiger partial charge in [-0.3, -0.25) is 9.69 Å². The molecule has 2 N–H and O–H groups in total. The number of benzene rings is 1. The molecule has 2 aromatic rings. The molecule has 7 nitrogen and oxygen atoms in total. The average Bonchev–Trinajstić information content (AvgIpc) is 3.26. The summed E-state index contributed by atoms with van der Waals surface area (Å²) in [5, 5.41) is 15.0. The zero-order valence-electron chi connectivity index (χ0n) is 16.9. The molecule has 0 bridgehead atoms. The topological polar surface area (TPSA) is 88.1 Å². The Labute approximate surface area is 180 Å². The fraction of sp³-hybridized carbons (Fsp3) is 0.400. The minimum absolute atomic E-state index is 0.0201. The molecule has 3 rings (SSSR count). The number of carbonyl (C=O) groups is 2. The van der Waals surface area contributed by atoms with Crippen molar-refractivity contribution in [3.8, 4) is 11.5 Å². The molecule has 0 aliphatic carbocycles. The Bertz CT molecular complexity index is 966. The maximum atomic E-state index is 14.3. The van der Waals surface area contributed by atoms with Crippen molar-refractivity contribution >= 4 is 23.2 Å². The Hall–Kier alpha value is -2.79. The Balaban J connectivity index is 2.29. The molecule has 2 amide bonds. The standard InChI is InChI=1S/C20H21F3N2O5S/c1-4-25-18(27)24-15(11-7-5-8-12(29-2)17(11)30-3)14(19(25,28)20(21,22)23)16(26)13-9-6-10-31-13/h5-10,14-15,28H,4H2,1-3H3,(H,24,27). The summed E-state index contributed by atoms with van der Waals surface area (Å²) in [6, 6.07) is 4.63. The summed E-state index contributed by atoms with van der Waals surface area (Å²) in [5.41, 5.74) is -3.67. The van der Waals surface area contributed by atoms with E-state index in [1.165, 1.54) is 51.5 Å². The SMILES string of the molecule is CCN1C(=O)NC(c2cccc(OC)c2OC)C(C(=O)c2cccs2)C1(O)C(F)(F)F. The van der Waals surface area contributed by atoms with E-state index in [1.54, 1.807) is 5.38 Å². The summed E-state index contributed by atoms with van der Waals surface area (Å²) in [6.45, 7) is 0.813. The number of rotatable bonds is 6. The second-order valence-corrected chi connectivity index (χ2v) is 7.74. The van der Waals surface area contributed by atoms with Crippen LogP contribution in [0.15, 0.2) is 35.7 Å². The lowest BCUT2D eigenvalue weighted by Gasteiger charge is -2.50. The summed E-state index contributed by atoms with van der Waals surface area (Å²) < 4.78 is 53.5. The number of Topliss-reactive ketones (excluding diaryl/α,β-unsaturated/α-hetero) is 1. The van der Waals surface area contributed by atoms with E-state index in [2.05, 4.69) is 5.32 Å². The highest BCUT2D eigenvalue weighted by Gasteiger charge is 2.70. The molecule has 3 unspecified atom stereocenters. The lowest BCUT2D eigenvalue weighted by molar-refractivity contribution is -0.326. The van der Waals surface area contributed by atoms with E-state index in [1.807, 2.05) is 0 Å². The number of nitrogens with zero attached hydrogens (tertiary/aromatic N) is 1. The van der Waals surface area contributed by atoms with Crippen molar-refractivity contribution in [1.82, 2.24) is 10.2 Å². The Kier molecular flexibility index (Phi) is 6.19. The first-order valence-electron chi connectivity index (χ1n) is 9.27. The van der Waals surface area contributed by atoms with Gasteiger partial charge < -0.3 is 19.9 Å². The van der Waals surface area contributed by atoms with Crippen LogP contribution in [0.3, 0.4) is 0 Å². The van der Waals surface area contributed by atoms with Crippen molar-refractivity contribution < 1.29 is 37.3 Å². The van der Waals surface area contributed by atoms with Crippen molar-refractivity contribution in [2.45, 2.75) is 24.9 Å². The lowest BCUT2D eigenvalue weighted by atomic mass is 9.77. The third-order valence-electron chi connectivity index (χ3n) is 5.25. The van der Waals surface area contributed by atoms with Crippen LogP contribution in [0, 0.1) is 5.92 Å². The van der Waals surface area contributed by atoms with Gasteiger partial charge >= 0.3 is 12.2 Å². The first-order valence-corrected chi connectivity index (χ1v) is 10.2. The van der Waals surface area contributed by atoms with Gasteiger partial charge in [0.25, 0.3) is 5.72 Å². The molecule has 1 aliphatic rings. The van der Waals surface area contributed by atoms with Crippen LogP contribution < -0.4 is 14.8 Å². The Morgan fingerprint density at radius 3 is 2.48 bits per heavy atom. The predicted molar refractivity (Wildman–Crippen MR) is 106 cm³/mol. The first-order chi connectivity index (χ1) is 14.6. The lowest BCUT2D eigenvalue weighted by Crippen LogP contribution is -2.73. The van der Waals surface area contributed by atoms with E-state index in [0.717, 1.165) is 11.3 Å². The molecule has 0 spiro atoms. The molecule has 1 aliphatic heterocycles. The van der Waals surface area contributed by atoms with Crippen LogP contribution in [0.25, 0.3) is 0 Å². The number of ether oxygens (including phenoxy) is 2. The van der Waals surface area contributed by atoms with Crippen LogP contribution in [0.4, 0.5) is 18.0 Å². The average molecular weight is 458 g/mol. The number of carbonyl (C=O) groups excluding carboxylic acids is 2. The predicted octanol–water partition coefficient (Wildman–Crippen LogP) is 3.60. The number of ketones is 1. The van der Waals surface area contributed by atoms with Crippen LogP contribution in [0.1, 0.15) is 28.2 Å². The van der Waals surface area contributed by atoms with Gasteiger partial charge in [0.2, 0.25) is 0 Å². The van der Waals surface area contributed by atoms with E-state index >= 15 is 0 Å². The molecule has 31 heavy (non-hydrogen) atoms. The monoisotopic (exact) mass is 458 g/mol. The van der Waals surface area contributed by atoms with Gasteiger partial charge in [-0.25, -0.2) is 4.79 Å². The van der Waals surface area contributed by atoms with Gasteiger partial charge in [-0.1, -0.05) is 18.2 Å². The number of hydrogen-bond donors (Lipinski definition) is 2. The number of para-hydroxylation sites is 1. The largest absolute Gasteiger partial charge is 0.493 e. The number of halogens is 3. The number of methoxy groups -OCH3 is 2. The minimum Gasteiger partial charge on any atom is -0.493 e. The third kappa shape index (κ3) is 3.61. The minimum atomic E-state index is -5.32. The fourth-order valence-electron chi connectivity index (χ4n) is 3.88. The summed E-state index contributed by atoms with van der Waals surface area (Å²) in [5.74, 6) is -2.81. The summed E-state index contributed by atoms with van der Waals surface area (Å²) in [4.78, 5) is 26.2. The van der Waals surface area contributed by atoms with Crippen molar-refractivity contribution in [3.63, 3.8) is 0 Å². The Morgan fingerprint density at radius 1 is 1.26 bits per heavy atom. The molecule has 0 saturated carbocycles. The number of nitrogens with one attached hydrogen (secondary N) is 1. The molecule has 11 heteroatoms. The third-order valence-corrected chi connectivity index (χ3v) is 6.14. The smallest absolute Gasteiger partial charge is 0.437 e. The molecular weight excluding hydrogens is 437 g/mol. The fourth-order valence-corrected chi connectivity index (χ4v) is 4.59. The number of amides is 2. The highest BCUT2D eigenvalue weighted by molar-refractivity contribution is 7.12. The van der Waals surface area contributed by atoms with Crippen LogP contribution >= 0.6 is 11.3 Å².